The third kappa shape index (κ3) is 5.88. The summed E-state index contributed by atoms with van der Waals surface area (Å²) in [5.74, 6) is -0.138. The molecule has 7 aliphatic rings. The molecule has 2 unspecified atom stereocenters. The Kier molecular flexibility index (Phi) is 9.42. The first kappa shape index (κ1) is 50.9. The molecular weight excluding hydrogens is 1120 g/mol. The molecule has 15 aromatic rings. The molecule has 13 aromatic carbocycles. The molecule has 0 bridgehead atoms. The van der Waals surface area contributed by atoms with Crippen molar-refractivity contribution in [2.75, 3.05) is 0 Å². The first-order valence-electron chi connectivity index (χ1n) is 33.4. The molecule has 0 saturated heterocycles. The molecule has 7 aliphatic carbocycles. The van der Waals surface area contributed by atoms with E-state index >= 15 is 0 Å². The van der Waals surface area contributed by atoms with E-state index in [2.05, 4.69) is 289 Å². The van der Waals surface area contributed by atoms with Crippen molar-refractivity contribution in [3.63, 3.8) is 0 Å². The molecule has 0 radical (unpaired) electrons. The van der Waals surface area contributed by atoms with Crippen LogP contribution in [0, 0.1) is 0 Å². The smallest absolute Gasteiger partial charge is 0.144 e. The molecule has 22 rings (SSSR count). The molecule has 93 heavy (non-hydrogen) atoms. The summed E-state index contributed by atoms with van der Waals surface area (Å²) in [6.07, 6.45) is 7.16. The number of benzene rings is 13. The van der Waals surface area contributed by atoms with Crippen molar-refractivity contribution in [3.05, 3.63) is 350 Å². The van der Waals surface area contributed by atoms with E-state index in [0.717, 1.165) is 40.6 Å². The van der Waals surface area contributed by atoms with Crippen LogP contribution in [0.4, 0.5) is 0 Å². The molecule has 436 valence electrons. The summed E-state index contributed by atoms with van der Waals surface area (Å²) in [6.45, 7) is 9.87. The van der Waals surface area contributed by atoms with Gasteiger partial charge in [0, 0.05) is 43.9 Å². The number of hydrogen-bond donors (Lipinski definition) is 0. The predicted molar refractivity (Wildman–Crippen MR) is 381 cm³/mol. The van der Waals surface area contributed by atoms with Crippen LogP contribution in [0.2, 0.25) is 0 Å². The molecule has 2 aromatic heterocycles. The van der Waals surface area contributed by atoms with Crippen LogP contribution in [-0.2, 0) is 21.7 Å². The summed E-state index contributed by atoms with van der Waals surface area (Å²) in [5.41, 5.74) is 37.9. The van der Waals surface area contributed by atoms with Crippen LogP contribution in [0.5, 0.6) is 0 Å². The highest BCUT2D eigenvalue weighted by molar-refractivity contribution is 6.21. The minimum absolute atomic E-state index is 0.138. The number of allylic oxidation sites excluding steroid dienone is 4. The summed E-state index contributed by atoms with van der Waals surface area (Å²) in [4.78, 5) is 0. The quantitative estimate of drug-likeness (QED) is 0.165. The van der Waals surface area contributed by atoms with Gasteiger partial charge < -0.3 is 8.83 Å². The van der Waals surface area contributed by atoms with Crippen molar-refractivity contribution in [2.45, 2.75) is 68.1 Å². The fraction of sp³-hybridized carbons (Fsp3) is 0.121. The maximum Gasteiger partial charge on any atom is 0.144 e. The van der Waals surface area contributed by atoms with E-state index in [4.69, 9.17) is 8.83 Å². The Bertz CT molecular complexity index is 6030. The van der Waals surface area contributed by atoms with Gasteiger partial charge in [-0.3, -0.25) is 0 Å². The Morgan fingerprint density at radius 1 is 0.323 bits per heavy atom. The number of furan rings is 2. The molecule has 2 heterocycles. The Morgan fingerprint density at radius 3 is 1.61 bits per heavy atom. The van der Waals surface area contributed by atoms with Gasteiger partial charge in [-0.2, -0.15) is 0 Å². The molecule has 0 amide bonds. The summed E-state index contributed by atoms with van der Waals surface area (Å²) in [6, 6.07) is 95.9. The number of rotatable bonds is 3. The number of hydrogen-bond acceptors (Lipinski definition) is 2. The first-order valence-corrected chi connectivity index (χ1v) is 33.4. The zero-order valence-corrected chi connectivity index (χ0v) is 52.1. The van der Waals surface area contributed by atoms with Crippen LogP contribution >= 0.6 is 0 Å². The van der Waals surface area contributed by atoms with E-state index in [9.17, 15) is 0 Å². The Labute approximate surface area is 539 Å². The average Bonchev–Trinajstić information content (AvgIpc) is 1.49. The Morgan fingerprint density at radius 2 is 0.849 bits per heavy atom. The van der Waals surface area contributed by atoms with Crippen LogP contribution < -0.4 is 0 Å². The lowest BCUT2D eigenvalue weighted by Crippen LogP contribution is -2.27. The van der Waals surface area contributed by atoms with Crippen molar-refractivity contribution < 1.29 is 8.83 Å². The first-order chi connectivity index (χ1) is 45.7. The van der Waals surface area contributed by atoms with Gasteiger partial charge in [0.25, 0.3) is 0 Å². The largest absolute Gasteiger partial charge is 0.456 e. The lowest BCUT2D eigenvalue weighted by Gasteiger charge is -2.33. The predicted octanol–water partition coefficient (Wildman–Crippen LogP) is 23.2. The number of para-hydroxylation sites is 2. The van der Waals surface area contributed by atoms with Crippen LogP contribution in [0.15, 0.2) is 275 Å². The highest BCUT2D eigenvalue weighted by atomic mass is 16.3. The topological polar surface area (TPSA) is 26.3 Å². The van der Waals surface area contributed by atoms with Crippen molar-refractivity contribution >= 4 is 60.2 Å². The molecule has 0 N–H and O–H groups in total. The molecule has 0 saturated carbocycles. The minimum Gasteiger partial charge on any atom is -0.456 e. The second-order valence-electron chi connectivity index (χ2n) is 28.6. The van der Waals surface area contributed by atoms with Gasteiger partial charge in [0.1, 0.15) is 22.3 Å². The molecule has 2 spiro atoms. The molecule has 0 aliphatic heterocycles. The van der Waals surface area contributed by atoms with Gasteiger partial charge in [-0.1, -0.05) is 258 Å². The summed E-state index contributed by atoms with van der Waals surface area (Å²) in [5, 5.41) is 7.27. The lowest BCUT2D eigenvalue weighted by atomic mass is 9.67. The third-order valence-corrected chi connectivity index (χ3v) is 23.8. The highest BCUT2D eigenvalue weighted by Gasteiger charge is 2.58. The highest BCUT2D eigenvalue weighted by Crippen LogP contribution is 2.71. The molecule has 2 atom stereocenters. The van der Waals surface area contributed by atoms with Crippen LogP contribution in [0.25, 0.3) is 116 Å². The second-order valence-corrected chi connectivity index (χ2v) is 28.6. The SMILES string of the molecule is CC1(C)c2ccccc2-c2c1c1c(c3c2oc2ccccc23)-c2ccc(C(c3ccc4c(c3)C3(c5ccccc5-c5ccccc53)c3cc5c(cc3-4)C3(C4=CCCC=C4c4ccccc43)c3ccc4oc6ccccc6c4c3-5)c3cccc4ccccc34)cc2C1(C)C. The van der Waals surface area contributed by atoms with Gasteiger partial charge in [-0.05, 0) is 199 Å². The summed E-state index contributed by atoms with van der Waals surface area (Å²) in [7, 11) is 0. The monoisotopic (exact) mass is 1180 g/mol. The fourth-order valence-corrected chi connectivity index (χ4v) is 20.3. The van der Waals surface area contributed by atoms with Crippen molar-refractivity contribution in [1.82, 2.24) is 0 Å². The Balaban J connectivity index is 0.825. The van der Waals surface area contributed by atoms with Gasteiger partial charge in [0.2, 0.25) is 0 Å². The van der Waals surface area contributed by atoms with Crippen molar-refractivity contribution in [3.8, 4) is 55.6 Å². The van der Waals surface area contributed by atoms with Gasteiger partial charge in [-0.25, -0.2) is 0 Å². The number of fused-ring (bicyclic) bond motifs is 37. The molecule has 0 fully saturated rings. The van der Waals surface area contributed by atoms with Crippen LogP contribution in [0.3, 0.4) is 0 Å². The third-order valence-electron chi connectivity index (χ3n) is 23.8. The van der Waals surface area contributed by atoms with Crippen LogP contribution in [-0.4, -0.2) is 0 Å². The summed E-state index contributed by atoms with van der Waals surface area (Å²) < 4.78 is 14.0. The van der Waals surface area contributed by atoms with Crippen molar-refractivity contribution in [1.29, 1.82) is 0 Å². The van der Waals surface area contributed by atoms with Gasteiger partial charge in [0.15, 0.2) is 0 Å². The van der Waals surface area contributed by atoms with E-state index in [1.807, 2.05) is 0 Å². The van der Waals surface area contributed by atoms with E-state index < -0.39 is 10.8 Å². The maximum atomic E-state index is 7.13. The van der Waals surface area contributed by atoms with Crippen molar-refractivity contribution in [2.24, 2.45) is 0 Å². The normalized spacial score (nSPS) is 18.0. The van der Waals surface area contributed by atoms with Gasteiger partial charge in [0.05, 0.1) is 10.8 Å². The molecule has 2 heteroatoms. The van der Waals surface area contributed by atoms with E-state index in [-0.39, 0.29) is 16.7 Å². The van der Waals surface area contributed by atoms with E-state index in [0.29, 0.717) is 0 Å². The van der Waals surface area contributed by atoms with E-state index in [1.54, 1.807) is 0 Å². The fourth-order valence-electron chi connectivity index (χ4n) is 20.3. The minimum atomic E-state index is -0.650. The zero-order valence-electron chi connectivity index (χ0n) is 52.1. The molecule has 2 nitrogen and oxygen atoms in total. The van der Waals surface area contributed by atoms with Gasteiger partial charge >= 0.3 is 0 Å². The summed E-state index contributed by atoms with van der Waals surface area (Å²) >= 11 is 0. The zero-order chi connectivity index (χ0) is 61.2. The van der Waals surface area contributed by atoms with E-state index in [1.165, 1.54) is 177 Å². The molecular formula is C91H60O2. The lowest BCUT2D eigenvalue weighted by molar-refractivity contribution is 0.599. The standard InChI is InChI=1S/C91H60O2/c1-88(2)66-33-14-11-29-60(66)84-86(88)85-82(83-63-31-13-20-39-77(63)93-87(83)84)61-43-41-51(46-72(61)89(85,3)4)79(59-32-21-23-50-22-5-6-24-53(50)59)52-40-42-58-64-48-75-65(49-74(64)91(73(58)47-52)69-36-17-9-27-56(69)57-28-10-18-37-70(57)91)80-71(44-45-78-81(80)62-30-12-19-38-76(62)92-78)90(75)67-34-15-7-25-54(67)55-26-8-16-35-68(55)90/h5-7,9-15,17-49,79H,8,16H2,1-4H3. The van der Waals surface area contributed by atoms with Gasteiger partial charge in [-0.15, -0.1) is 0 Å². The Hall–Kier alpha value is -10.8. The second kappa shape index (κ2) is 17.2. The average molecular weight is 1190 g/mol. The van der Waals surface area contributed by atoms with Crippen LogP contribution in [0.1, 0.15) is 130 Å². The maximum absolute atomic E-state index is 7.13.